The van der Waals surface area contributed by atoms with Gasteiger partial charge >= 0.3 is 0 Å². The van der Waals surface area contributed by atoms with E-state index in [0.717, 1.165) is 28.3 Å². The van der Waals surface area contributed by atoms with Gasteiger partial charge in [-0.3, -0.25) is 14.0 Å². The molecule has 2 aromatic heterocycles. The molecule has 1 aliphatic heterocycles. The van der Waals surface area contributed by atoms with Gasteiger partial charge in [0.25, 0.3) is 5.91 Å². The van der Waals surface area contributed by atoms with Crippen molar-refractivity contribution in [1.29, 1.82) is 0 Å². The van der Waals surface area contributed by atoms with Crippen LogP contribution in [0.25, 0.3) is 5.52 Å². The van der Waals surface area contributed by atoms with Crippen LogP contribution in [-0.4, -0.2) is 40.5 Å². The van der Waals surface area contributed by atoms with Crippen LogP contribution >= 0.6 is 11.8 Å². The average Bonchev–Trinajstić information content (AvgIpc) is 3.27. The Hall–Kier alpha value is -2.80. The molecule has 132 valence electrons. The number of nitrogens with zero attached hydrogens (tertiary/aromatic N) is 3. The van der Waals surface area contributed by atoms with Gasteiger partial charge in [0.1, 0.15) is 0 Å². The number of pyridine rings is 1. The molecule has 0 radical (unpaired) electrons. The van der Waals surface area contributed by atoms with Crippen molar-refractivity contribution in [1.82, 2.24) is 14.7 Å². The Bertz CT molecular complexity index is 998. The quantitative estimate of drug-likeness (QED) is 0.720. The van der Waals surface area contributed by atoms with Gasteiger partial charge < -0.3 is 10.2 Å². The largest absolute Gasteiger partial charge is 0.342 e. The highest BCUT2D eigenvalue weighted by Crippen LogP contribution is 2.27. The molecule has 1 N–H and O–H groups in total. The zero-order valence-corrected chi connectivity index (χ0v) is 15.1. The Labute approximate surface area is 155 Å². The average molecular weight is 366 g/mol. The first-order valence-electron chi connectivity index (χ1n) is 8.36. The second kappa shape index (κ2) is 6.84. The van der Waals surface area contributed by atoms with Crippen LogP contribution in [0.3, 0.4) is 0 Å². The number of amides is 2. The van der Waals surface area contributed by atoms with Crippen molar-refractivity contribution in [3.63, 3.8) is 0 Å². The first kappa shape index (κ1) is 16.7. The summed E-state index contributed by atoms with van der Waals surface area (Å²) in [6.07, 6.45) is 4.63. The van der Waals surface area contributed by atoms with E-state index in [0.29, 0.717) is 12.2 Å². The van der Waals surface area contributed by atoms with E-state index in [9.17, 15) is 9.59 Å². The number of carbonyl (C=O) groups excluding carboxylic acids is 2. The fourth-order valence-electron chi connectivity index (χ4n) is 3.25. The van der Waals surface area contributed by atoms with Crippen LogP contribution in [0.5, 0.6) is 0 Å². The fourth-order valence-corrected chi connectivity index (χ4v) is 3.79. The SMILES string of the molecule is CSc1nc(C(=O)NCC(=O)N2CCc3ccccc32)c2ccccn12. The van der Waals surface area contributed by atoms with Crippen LogP contribution in [0.2, 0.25) is 0 Å². The summed E-state index contributed by atoms with van der Waals surface area (Å²) in [5, 5.41) is 3.46. The molecule has 26 heavy (non-hydrogen) atoms. The van der Waals surface area contributed by atoms with Crippen molar-refractivity contribution in [2.75, 3.05) is 24.2 Å². The Kier molecular flexibility index (Phi) is 4.38. The number of fused-ring (bicyclic) bond motifs is 2. The number of nitrogens with one attached hydrogen (secondary N) is 1. The third kappa shape index (κ3) is 2.84. The first-order valence-corrected chi connectivity index (χ1v) is 9.59. The van der Waals surface area contributed by atoms with Crippen molar-refractivity contribution < 1.29 is 9.59 Å². The summed E-state index contributed by atoms with van der Waals surface area (Å²) in [6, 6.07) is 13.5. The molecule has 6 nitrogen and oxygen atoms in total. The number of para-hydroxylation sites is 1. The van der Waals surface area contributed by atoms with Crippen LogP contribution in [0, 0.1) is 0 Å². The van der Waals surface area contributed by atoms with Gasteiger partial charge in [0, 0.05) is 18.4 Å². The number of carbonyl (C=O) groups is 2. The second-order valence-electron chi connectivity index (χ2n) is 6.01. The van der Waals surface area contributed by atoms with Gasteiger partial charge in [0.05, 0.1) is 12.1 Å². The molecule has 0 unspecified atom stereocenters. The Morgan fingerprint density at radius 1 is 1.19 bits per heavy atom. The predicted molar refractivity (Wildman–Crippen MR) is 102 cm³/mol. The summed E-state index contributed by atoms with van der Waals surface area (Å²) in [4.78, 5) is 31.3. The Morgan fingerprint density at radius 3 is 2.85 bits per heavy atom. The molecule has 0 spiro atoms. The summed E-state index contributed by atoms with van der Waals surface area (Å²) in [7, 11) is 0. The van der Waals surface area contributed by atoms with E-state index < -0.39 is 0 Å². The van der Waals surface area contributed by atoms with Crippen molar-refractivity contribution in [2.45, 2.75) is 11.6 Å². The van der Waals surface area contributed by atoms with Crippen LogP contribution < -0.4 is 10.2 Å². The summed E-state index contributed by atoms with van der Waals surface area (Å²) in [6.45, 7) is 0.603. The predicted octanol–water partition coefficient (Wildman–Crippen LogP) is 2.38. The topological polar surface area (TPSA) is 66.7 Å². The van der Waals surface area contributed by atoms with Crippen LogP contribution in [0.1, 0.15) is 16.1 Å². The zero-order valence-electron chi connectivity index (χ0n) is 14.3. The van der Waals surface area contributed by atoms with Crippen molar-refractivity contribution in [3.05, 3.63) is 59.9 Å². The molecule has 1 aliphatic rings. The third-order valence-electron chi connectivity index (χ3n) is 4.50. The molecule has 4 rings (SSSR count). The molecular formula is C19H18N4O2S. The van der Waals surface area contributed by atoms with Crippen molar-refractivity contribution in [2.24, 2.45) is 0 Å². The van der Waals surface area contributed by atoms with E-state index in [1.165, 1.54) is 11.8 Å². The molecule has 3 heterocycles. The molecule has 2 amide bonds. The number of rotatable bonds is 4. The van der Waals surface area contributed by atoms with E-state index in [2.05, 4.69) is 10.3 Å². The van der Waals surface area contributed by atoms with Gasteiger partial charge in [-0.2, -0.15) is 0 Å². The molecule has 7 heteroatoms. The van der Waals surface area contributed by atoms with Crippen LogP contribution in [0.15, 0.2) is 53.8 Å². The maximum atomic E-state index is 12.6. The molecule has 0 bridgehead atoms. The van der Waals surface area contributed by atoms with Crippen LogP contribution in [-0.2, 0) is 11.2 Å². The number of imidazole rings is 1. The van der Waals surface area contributed by atoms with Crippen molar-refractivity contribution in [3.8, 4) is 0 Å². The number of hydrogen-bond donors (Lipinski definition) is 1. The molecule has 0 saturated carbocycles. The lowest BCUT2D eigenvalue weighted by molar-refractivity contribution is -0.117. The normalized spacial score (nSPS) is 13.0. The Morgan fingerprint density at radius 2 is 2.00 bits per heavy atom. The zero-order chi connectivity index (χ0) is 18.1. The van der Waals surface area contributed by atoms with Crippen LogP contribution in [0.4, 0.5) is 5.69 Å². The number of hydrogen-bond acceptors (Lipinski definition) is 4. The highest BCUT2D eigenvalue weighted by atomic mass is 32.2. The number of thioether (sulfide) groups is 1. The summed E-state index contributed by atoms with van der Waals surface area (Å²) >= 11 is 1.47. The van der Waals surface area contributed by atoms with Gasteiger partial charge in [-0.15, -0.1) is 0 Å². The summed E-state index contributed by atoms with van der Waals surface area (Å²) in [5.74, 6) is -0.452. The highest BCUT2D eigenvalue weighted by Gasteiger charge is 2.25. The van der Waals surface area contributed by atoms with E-state index in [-0.39, 0.29) is 18.4 Å². The lowest BCUT2D eigenvalue weighted by Crippen LogP contribution is -2.39. The first-order chi connectivity index (χ1) is 12.7. The minimum atomic E-state index is -0.338. The molecule has 3 aromatic rings. The molecule has 0 atom stereocenters. The molecule has 1 aromatic carbocycles. The van der Waals surface area contributed by atoms with Gasteiger partial charge in [0.15, 0.2) is 10.9 Å². The third-order valence-corrected chi connectivity index (χ3v) is 5.16. The minimum absolute atomic E-state index is 0.0480. The van der Waals surface area contributed by atoms with Gasteiger partial charge in [-0.1, -0.05) is 36.0 Å². The Balaban J connectivity index is 1.49. The summed E-state index contributed by atoms with van der Waals surface area (Å²) in [5.41, 5.74) is 3.17. The molecule has 0 aliphatic carbocycles. The number of benzene rings is 1. The maximum Gasteiger partial charge on any atom is 0.272 e. The van der Waals surface area contributed by atoms with Gasteiger partial charge in [-0.25, -0.2) is 4.98 Å². The van der Waals surface area contributed by atoms with Gasteiger partial charge in [0.2, 0.25) is 5.91 Å². The second-order valence-corrected chi connectivity index (χ2v) is 6.78. The molecule has 0 fully saturated rings. The standard InChI is InChI=1S/C19H18N4O2S/c1-26-19-21-17(15-8-4-5-10-23(15)19)18(25)20-12-16(24)22-11-9-13-6-2-3-7-14(13)22/h2-8,10H,9,11-12H2,1H3,(H,20,25). The minimum Gasteiger partial charge on any atom is -0.342 e. The molecule has 0 saturated heterocycles. The smallest absolute Gasteiger partial charge is 0.272 e. The van der Waals surface area contributed by atoms with E-state index >= 15 is 0 Å². The number of aromatic nitrogens is 2. The van der Waals surface area contributed by atoms with E-state index in [4.69, 9.17) is 0 Å². The molecular weight excluding hydrogens is 348 g/mol. The fraction of sp³-hybridized carbons (Fsp3) is 0.211. The monoisotopic (exact) mass is 366 g/mol. The lowest BCUT2D eigenvalue weighted by Gasteiger charge is -2.17. The van der Waals surface area contributed by atoms with Gasteiger partial charge in [-0.05, 0) is 36.4 Å². The van der Waals surface area contributed by atoms with E-state index in [1.54, 1.807) is 4.90 Å². The summed E-state index contributed by atoms with van der Waals surface area (Å²) < 4.78 is 1.87. The van der Waals surface area contributed by atoms with Crippen molar-refractivity contribution >= 4 is 34.8 Å². The van der Waals surface area contributed by atoms with E-state index in [1.807, 2.05) is 59.3 Å². The lowest BCUT2D eigenvalue weighted by atomic mass is 10.2. The highest BCUT2D eigenvalue weighted by molar-refractivity contribution is 7.98. The number of anilines is 1. The maximum absolute atomic E-state index is 12.6.